The highest BCUT2D eigenvalue weighted by molar-refractivity contribution is 5.76. The van der Waals surface area contributed by atoms with Crippen molar-refractivity contribution in [3.8, 4) is 22.6 Å². The van der Waals surface area contributed by atoms with Crippen LogP contribution in [0.15, 0.2) is 61.6 Å². The molecule has 0 bridgehead atoms. The number of benzene rings is 1. The van der Waals surface area contributed by atoms with E-state index in [4.69, 9.17) is 4.98 Å². The molecule has 0 amide bonds. The minimum Gasteiger partial charge on any atom is -0.341 e. The molecule has 0 aliphatic rings. The third-order valence-electron chi connectivity index (χ3n) is 4.91. The number of aryl methyl sites for hydroxylation is 3. The number of imidazole rings is 3. The number of hydrogen-bond donors (Lipinski definition) is 1. The molecule has 0 saturated carbocycles. The number of aromatic amines is 1. The van der Waals surface area contributed by atoms with E-state index in [1.165, 1.54) is 0 Å². The summed E-state index contributed by atoms with van der Waals surface area (Å²) in [5.74, 6) is 1.04. The highest BCUT2D eigenvalue weighted by atomic mass is 15.1. The quantitative estimate of drug-likeness (QED) is 0.467. The topological polar surface area (TPSA) is 64.3 Å². The van der Waals surface area contributed by atoms with Crippen LogP contribution in [0.25, 0.3) is 22.6 Å². The summed E-state index contributed by atoms with van der Waals surface area (Å²) in [6.07, 6.45) is 13.9. The largest absolute Gasteiger partial charge is 0.341 e. The van der Waals surface area contributed by atoms with E-state index < -0.39 is 0 Å². The normalized spacial score (nSPS) is 11.2. The Morgan fingerprint density at radius 3 is 2.68 bits per heavy atom. The van der Waals surface area contributed by atoms with Gasteiger partial charge in [0.1, 0.15) is 5.82 Å². The van der Waals surface area contributed by atoms with Crippen molar-refractivity contribution in [3.63, 3.8) is 0 Å². The first kappa shape index (κ1) is 18.2. The third-order valence-corrected chi connectivity index (χ3v) is 4.91. The smallest absolute Gasteiger partial charge is 0.106 e. The molecule has 0 aliphatic carbocycles. The fourth-order valence-electron chi connectivity index (χ4n) is 3.44. The zero-order valence-corrected chi connectivity index (χ0v) is 16.3. The van der Waals surface area contributed by atoms with Crippen LogP contribution in [0.1, 0.15) is 32.0 Å². The molecular formula is C22H26N6. The van der Waals surface area contributed by atoms with Gasteiger partial charge in [-0.15, -0.1) is 0 Å². The number of rotatable bonds is 9. The molecule has 0 atom stereocenters. The molecular weight excluding hydrogens is 348 g/mol. The highest BCUT2D eigenvalue weighted by Crippen LogP contribution is 2.30. The summed E-state index contributed by atoms with van der Waals surface area (Å²) in [4.78, 5) is 17.0. The minimum atomic E-state index is 0.886. The van der Waals surface area contributed by atoms with Gasteiger partial charge >= 0.3 is 0 Å². The Labute approximate surface area is 165 Å². The monoisotopic (exact) mass is 374 g/mol. The second-order valence-corrected chi connectivity index (χ2v) is 7.00. The second kappa shape index (κ2) is 8.69. The van der Waals surface area contributed by atoms with E-state index in [2.05, 4.69) is 55.3 Å². The van der Waals surface area contributed by atoms with Crippen molar-refractivity contribution in [3.05, 3.63) is 67.4 Å². The molecule has 1 aromatic carbocycles. The van der Waals surface area contributed by atoms with Gasteiger partial charge in [-0.1, -0.05) is 43.7 Å². The van der Waals surface area contributed by atoms with Crippen LogP contribution in [0.4, 0.5) is 0 Å². The van der Waals surface area contributed by atoms with Crippen molar-refractivity contribution in [2.24, 2.45) is 0 Å². The fourth-order valence-corrected chi connectivity index (χ4v) is 3.44. The zero-order valence-electron chi connectivity index (χ0n) is 16.3. The standard InChI is InChI=1S/C22H26N6/c1-2-3-10-20-24-15-19(26-20)22-21(18-8-5-4-6-9-18)25-17-28(22)13-7-12-27-14-11-23-16-27/h4-6,8-9,11,14-17H,2-3,7,10,12-13H2,1H3,(H,24,26). The Morgan fingerprint density at radius 2 is 1.89 bits per heavy atom. The SMILES string of the molecule is CCCCc1ncc(-c2c(-c3ccccc3)ncn2CCCn2ccnc2)[nH]1. The Kier molecular flexibility index (Phi) is 5.66. The fraction of sp³-hybridized carbons (Fsp3) is 0.318. The molecule has 4 aromatic rings. The van der Waals surface area contributed by atoms with Gasteiger partial charge in [0.2, 0.25) is 0 Å². The van der Waals surface area contributed by atoms with Crippen molar-refractivity contribution in [2.75, 3.05) is 0 Å². The Balaban J connectivity index is 1.62. The third kappa shape index (κ3) is 4.06. The maximum absolute atomic E-state index is 4.75. The molecule has 0 aliphatic heterocycles. The van der Waals surface area contributed by atoms with Gasteiger partial charge in [-0.3, -0.25) is 0 Å². The van der Waals surface area contributed by atoms with E-state index in [-0.39, 0.29) is 0 Å². The first-order valence-corrected chi connectivity index (χ1v) is 9.95. The number of hydrogen-bond acceptors (Lipinski definition) is 3. The van der Waals surface area contributed by atoms with E-state index >= 15 is 0 Å². The maximum atomic E-state index is 4.75. The maximum Gasteiger partial charge on any atom is 0.106 e. The Hall–Kier alpha value is -3.15. The minimum absolute atomic E-state index is 0.886. The van der Waals surface area contributed by atoms with Crippen molar-refractivity contribution in [2.45, 2.75) is 45.7 Å². The van der Waals surface area contributed by atoms with Crippen LogP contribution in [-0.4, -0.2) is 29.1 Å². The van der Waals surface area contributed by atoms with E-state index in [1.54, 1.807) is 0 Å². The lowest BCUT2D eigenvalue weighted by Gasteiger charge is -2.09. The number of aromatic nitrogens is 6. The van der Waals surface area contributed by atoms with Crippen LogP contribution >= 0.6 is 0 Å². The predicted octanol–water partition coefficient (Wildman–Crippen LogP) is 4.57. The van der Waals surface area contributed by atoms with Gasteiger partial charge in [-0.2, -0.15) is 0 Å². The molecule has 0 spiro atoms. The number of nitrogens with zero attached hydrogens (tertiary/aromatic N) is 5. The average molecular weight is 374 g/mol. The first-order chi connectivity index (χ1) is 13.8. The lowest BCUT2D eigenvalue weighted by Crippen LogP contribution is -2.04. The number of nitrogens with one attached hydrogen (secondary N) is 1. The molecule has 0 saturated heterocycles. The van der Waals surface area contributed by atoms with Gasteiger partial charge in [-0.25, -0.2) is 15.0 Å². The molecule has 28 heavy (non-hydrogen) atoms. The first-order valence-electron chi connectivity index (χ1n) is 9.95. The number of H-pyrrole nitrogens is 1. The summed E-state index contributed by atoms with van der Waals surface area (Å²) in [6.45, 7) is 4.02. The molecule has 3 aromatic heterocycles. The van der Waals surface area contributed by atoms with Crippen LogP contribution in [0.2, 0.25) is 0 Å². The molecule has 4 rings (SSSR count). The molecule has 144 valence electrons. The predicted molar refractivity (Wildman–Crippen MR) is 111 cm³/mol. The summed E-state index contributed by atoms with van der Waals surface area (Å²) in [7, 11) is 0. The van der Waals surface area contributed by atoms with E-state index in [9.17, 15) is 0 Å². The van der Waals surface area contributed by atoms with Crippen LogP contribution in [0.3, 0.4) is 0 Å². The van der Waals surface area contributed by atoms with E-state index in [1.807, 2.05) is 37.3 Å². The molecule has 6 nitrogen and oxygen atoms in total. The lowest BCUT2D eigenvalue weighted by molar-refractivity contribution is 0.565. The van der Waals surface area contributed by atoms with Crippen LogP contribution < -0.4 is 0 Å². The van der Waals surface area contributed by atoms with E-state index in [0.29, 0.717) is 0 Å². The van der Waals surface area contributed by atoms with Crippen molar-refractivity contribution < 1.29 is 0 Å². The summed E-state index contributed by atoms with van der Waals surface area (Å²) in [5.41, 5.74) is 4.25. The van der Waals surface area contributed by atoms with Crippen molar-refractivity contribution >= 4 is 0 Å². The van der Waals surface area contributed by atoms with Crippen LogP contribution in [0, 0.1) is 0 Å². The molecule has 1 N–H and O–H groups in total. The van der Waals surface area contributed by atoms with E-state index in [0.717, 1.165) is 67.2 Å². The summed E-state index contributed by atoms with van der Waals surface area (Å²) < 4.78 is 4.34. The van der Waals surface area contributed by atoms with Gasteiger partial charge in [0, 0.05) is 37.5 Å². The summed E-state index contributed by atoms with van der Waals surface area (Å²) in [6, 6.07) is 10.4. The Morgan fingerprint density at radius 1 is 1.00 bits per heavy atom. The van der Waals surface area contributed by atoms with Crippen LogP contribution in [0.5, 0.6) is 0 Å². The van der Waals surface area contributed by atoms with Gasteiger partial charge in [0.25, 0.3) is 0 Å². The summed E-state index contributed by atoms with van der Waals surface area (Å²) in [5, 5.41) is 0. The van der Waals surface area contributed by atoms with Crippen molar-refractivity contribution in [1.29, 1.82) is 0 Å². The highest BCUT2D eigenvalue weighted by Gasteiger charge is 2.17. The zero-order chi connectivity index (χ0) is 19.2. The Bertz CT molecular complexity index is 981. The van der Waals surface area contributed by atoms with Gasteiger partial charge in [0.15, 0.2) is 0 Å². The molecule has 0 fully saturated rings. The second-order valence-electron chi connectivity index (χ2n) is 7.00. The van der Waals surface area contributed by atoms with Gasteiger partial charge in [0.05, 0.1) is 35.9 Å². The molecule has 6 heteroatoms. The van der Waals surface area contributed by atoms with Crippen molar-refractivity contribution in [1.82, 2.24) is 29.1 Å². The number of unbranched alkanes of at least 4 members (excludes halogenated alkanes) is 1. The van der Waals surface area contributed by atoms with Crippen LogP contribution in [-0.2, 0) is 19.5 Å². The van der Waals surface area contributed by atoms with Gasteiger partial charge < -0.3 is 14.1 Å². The molecule has 3 heterocycles. The molecule has 0 unspecified atom stereocenters. The summed E-state index contributed by atoms with van der Waals surface area (Å²) >= 11 is 0. The average Bonchev–Trinajstić information content (AvgIpc) is 3.48. The lowest BCUT2D eigenvalue weighted by atomic mass is 10.1. The van der Waals surface area contributed by atoms with Gasteiger partial charge in [-0.05, 0) is 12.8 Å². The molecule has 0 radical (unpaired) electrons.